The average Bonchev–Trinajstić information content (AvgIpc) is 2.26. The van der Waals surface area contributed by atoms with Crippen LogP contribution in [-0.4, -0.2) is 11.3 Å². The van der Waals surface area contributed by atoms with Gasteiger partial charge in [-0.05, 0) is 23.3 Å². The van der Waals surface area contributed by atoms with Gasteiger partial charge in [-0.1, -0.05) is 24.3 Å². The van der Waals surface area contributed by atoms with Crippen molar-refractivity contribution in [3.8, 4) is 11.8 Å². The fourth-order valence-electron chi connectivity index (χ4n) is 1.32. The molecule has 1 heterocycles. The molecule has 0 spiro atoms. The minimum absolute atomic E-state index is 0.573. The largest absolute Gasteiger partial charge is 0.289 e. The van der Waals surface area contributed by atoms with Crippen LogP contribution in [0.1, 0.15) is 5.69 Å². The van der Waals surface area contributed by atoms with E-state index in [1.54, 1.807) is 6.20 Å². The highest BCUT2D eigenvalue weighted by Crippen LogP contribution is 2.14. The van der Waals surface area contributed by atoms with Crippen molar-refractivity contribution in [3.63, 3.8) is 0 Å². The number of nitrogens with zero attached hydrogens (tertiary/aromatic N) is 1. The number of carbonyl (C=O) groups is 1. The zero-order chi connectivity index (χ0) is 9.80. The topological polar surface area (TPSA) is 30.0 Å². The van der Waals surface area contributed by atoms with Gasteiger partial charge in [0.05, 0.1) is 0 Å². The predicted molar refractivity (Wildman–Crippen MR) is 54.7 cm³/mol. The maximum Gasteiger partial charge on any atom is 0.193 e. The number of fused-ring (bicyclic) bond motifs is 1. The van der Waals surface area contributed by atoms with Crippen LogP contribution < -0.4 is 0 Å². The van der Waals surface area contributed by atoms with Crippen molar-refractivity contribution in [1.29, 1.82) is 0 Å². The highest BCUT2D eigenvalue weighted by Gasteiger charge is 1.96. The van der Waals surface area contributed by atoms with E-state index in [2.05, 4.69) is 16.8 Å². The molecular weight excluding hydrogens is 174 g/mol. The standard InChI is InChI=1S/C12H7NO/c14-9-3-6-12-11-5-2-1-4-10(11)7-8-13-12/h1-2,4-5,7-9H. The first-order valence-corrected chi connectivity index (χ1v) is 4.21. The van der Waals surface area contributed by atoms with Crippen LogP contribution in [0.4, 0.5) is 0 Å². The van der Waals surface area contributed by atoms with Gasteiger partial charge in [0.1, 0.15) is 5.69 Å². The van der Waals surface area contributed by atoms with Gasteiger partial charge in [0.2, 0.25) is 0 Å². The van der Waals surface area contributed by atoms with E-state index in [-0.39, 0.29) is 0 Å². The molecule has 2 nitrogen and oxygen atoms in total. The van der Waals surface area contributed by atoms with Crippen LogP contribution in [0.2, 0.25) is 0 Å². The van der Waals surface area contributed by atoms with Gasteiger partial charge in [-0.2, -0.15) is 0 Å². The summed E-state index contributed by atoms with van der Waals surface area (Å²) in [6.45, 7) is 0. The van der Waals surface area contributed by atoms with Gasteiger partial charge in [0.15, 0.2) is 6.29 Å². The SMILES string of the molecule is O=CC#Cc1nccc2ccccc12. The van der Waals surface area contributed by atoms with E-state index < -0.39 is 0 Å². The molecule has 0 fully saturated rings. The van der Waals surface area contributed by atoms with Crippen LogP contribution in [0.25, 0.3) is 10.8 Å². The summed E-state index contributed by atoms with van der Waals surface area (Å²) in [5.74, 6) is 5.07. The van der Waals surface area contributed by atoms with Crippen LogP contribution in [-0.2, 0) is 4.79 Å². The normalized spacial score (nSPS) is 9.14. The van der Waals surface area contributed by atoms with Gasteiger partial charge >= 0.3 is 0 Å². The molecule has 0 radical (unpaired) electrons. The van der Waals surface area contributed by atoms with E-state index in [0.29, 0.717) is 12.0 Å². The summed E-state index contributed by atoms with van der Waals surface area (Å²) in [6.07, 6.45) is 2.26. The molecule has 2 heteroatoms. The van der Waals surface area contributed by atoms with Crippen molar-refractivity contribution in [2.24, 2.45) is 0 Å². The molecule has 0 amide bonds. The zero-order valence-electron chi connectivity index (χ0n) is 7.40. The smallest absolute Gasteiger partial charge is 0.193 e. The Balaban J connectivity index is 2.70. The Labute approximate surface area is 81.6 Å². The quantitative estimate of drug-likeness (QED) is 0.458. The summed E-state index contributed by atoms with van der Waals surface area (Å²) in [4.78, 5) is 14.2. The molecule has 66 valence electrons. The second kappa shape index (κ2) is 3.71. The lowest BCUT2D eigenvalue weighted by Gasteiger charge is -1.97. The van der Waals surface area contributed by atoms with Gasteiger partial charge < -0.3 is 0 Å². The fourth-order valence-corrected chi connectivity index (χ4v) is 1.32. The van der Waals surface area contributed by atoms with E-state index in [1.165, 1.54) is 0 Å². The van der Waals surface area contributed by atoms with E-state index >= 15 is 0 Å². The lowest BCUT2D eigenvalue weighted by atomic mass is 10.1. The molecule has 14 heavy (non-hydrogen) atoms. The minimum atomic E-state index is 0.573. The highest BCUT2D eigenvalue weighted by molar-refractivity contribution is 5.87. The molecule has 0 saturated carbocycles. The first-order valence-electron chi connectivity index (χ1n) is 4.21. The minimum Gasteiger partial charge on any atom is -0.289 e. The maximum atomic E-state index is 10.1. The van der Waals surface area contributed by atoms with Crippen molar-refractivity contribution in [2.45, 2.75) is 0 Å². The Kier molecular flexibility index (Phi) is 2.24. The van der Waals surface area contributed by atoms with Gasteiger partial charge in [0.25, 0.3) is 0 Å². The number of hydrogen-bond donors (Lipinski definition) is 0. The van der Waals surface area contributed by atoms with Gasteiger partial charge in [0, 0.05) is 11.6 Å². The molecule has 0 saturated heterocycles. The Hall–Kier alpha value is -2.14. The first kappa shape index (κ1) is 8.46. The summed E-state index contributed by atoms with van der Waals surface area (Å²) in [7, 11) is 0. The van der Waals surface area contributed by atoms with Crippen molar-refractivity contribution >= 4 is 17.1 Å². The second-order valence-electron chi connectivity index (χ2n) is 2.77. The predicted octanol–water partition coefficient (Wildman–Crippen LogP) is 1.79. The van der Waals surface area contributed by atoms with Crippen LogP contribution in [0.3, 0.4) is 0 Å². The number of aldehydes is 1. The van der Waals surface area contributed by atoms with Gasteiger partial charge in [-0.15, -0.1) is 0 Å². The molecule has 0 N–H and O–H groups in total. The number of carbonyl (C=O) groups excluding carboxylic acids is 1. The van der Waals surface area contributed by atoms with E-state index in [1.807, 2.05) is 30.3 Å². The van der Waals surface area contributed by atoms with Crippen LogP contribution in [0.5, 0.6) is 0 Å². The Morgan fingerprint density at radius 2 is 2.07 bits per heavy atom. The lowest BCUT2D eigenvalue weighted by molar-refractivity contribution is -0.103. The van der Waals surface area contributed by atoms with Crippen molar-refractivity contribution in [2.75, 3.05) is 0 Å². The summed E-state index contributed by atoms with van der Waals surface area (Å²) in [5, 5.41) is 2.06. The number of rotatable bonds is 0. The molecule has 0 aliphatic rings. The number of aromatic nitrogens is 1. The highest BCUT2D eigenvalue weighted by atomic mass is 16.1. The van der Waals surface area contributed by atoms with Crippen molar-refractivity contribution < 1.29 is 4.79 Å². The molecule has 0 unspecified atom stereocenters. The lowest BCUT2D eigenvalue weighted by Crippen LogP contribution is -1.84. The molecule has 2 rings (SSSR count). The third-order valence-electron chi connectivity index (χ3n) is 1.92. The van der Waals surface area contributed by atoms with Crippen LogP contribution in [0, 0.1) is 11.8 Å². The Bertz CT molecular complexity index is 529. The van der Waals surface area contributed by atoms with Crippen molar-refractivity contribution in [1.82, 2.24) is 4.98 Å². The third-order valence-corrected chi connectivity index (χ3v) is 1.92. The molecule has 0 bridgehead atoms. The maximum absolute atomic E-state index is 10.1. The van der Waals surface area contributed by atoms with Crippen molar-refractivity contribution in [3.05, 3.63) is 42.2 Å². The number of pyridine rings is 1. The molecule has 0 aliphatic carbocycles. The molecule has 1 aromatic heterocycles. The van der Waals surface area contributed by atoms with Crippen LogP contribution in [0.15, 0.2) is 36.5 Å². The number of hydrogen-bond acceptors (Lipinski definition) is 2. The van der Waals surface area contributed by atoms with Crippen LogP contribution >= 0.6 is 0 Å². The van der Waals surface area contributed by atoms with E-state index in [0.717, 1.165) is 10.8 Å². The molecular formula is C12H7NO. The molecule has 1 aromatic carbocycles. The number of benzene rings is 1. The van der Waals surface area contributed by atoms with Gasteiger partial charge in [-0.25, -0.2) is 4.98 Å². The summed E-state index contributed by atoms with van der Waals surface area (Å²) < 4.78 is 0. The Morgan fingerprint density at radius 3 is 2.93 bits per heavy atom. The second-order valence-corrected chi connectivity index (χ2v) is 2.77. The molecule has 2 aromatic rings. The summed E-state index contributed by atoms with van der Waals surface area (Å²) in [5.41, 5.74) is 0.648. The summed E-state index contributed by atoms with van der Waals surface area (Å²) >= 11 is 0. The van der Waals surface area contributed by atoms with E-state index in [9.17, 15) is 4.79 Å². The average molecular weight is 181 g/mol. The molecule has 0 atom stereocenters. The molecule has 0 aliphatic heterocycles. The van der Waals surface area contributed by atoms with E-state index in [4.69, 9.17) is 0 Å². The fraction of sp³-hybridized carbons (Fsp3) is 0. The monoisotopic (exact) mass is 181 g/mol. The Morgan fingerprint density at radius 1 is 1.21 bits per heavy atom. The summed E-state index contributed by atoms with van der Waals surface area (Å²) in [6, 6.07) is 9.73. The van der Waals surface area contributed by atoms with Gasteiger partial charge in [-0.3, -0.25) is 4.79 Å². The third kappa shape index (κ3) is 1.48. The first-order chi connectivity index (χ1) is 6.92. The zero-order valence-corrected chi connectivity index (χ0v) is 7.40.